The lowest BCUT2D eigenvalue weighted by molar-refractivity contribution is -0.136. The molecule has 2 amide bonds. The number of benzene rings is 1. The van der Waals surface area contributed by atoms with E-state index in [2.05, 4.69) is 15.6 Å². The highest BCUT2D eigenvalue weighted by atomic mass is 35.5. The van der Waals surface area contributed by atoms with Crippen molar-refractivity contribution in [2.75, 3.05) is 25.0 Å². The van der Waals surface area contributed by atoms with E-state index in [1.54, 1.807) is 6.07 Å². The Morgan fingerprint density at radius 2 is 1.97 bits per heavy atom. The van der Waals surface area contributed by atoms with Crippen molar-refractivity contribution in [1.29, 1.82) is 5.26 Å². The molecule has 2 heterocycles. The number of carbonyl (C=O) groups excluding carboxylic acids is 2. The predicted molar refractivity (Wildman–Crippen MR) is 114 cm³/mol. The minimum Gasteiger partial charge on any atom is -0.348 e. The summed E-state index contributed by atoms with van der Waals surface area (Å²) in [5, 5.41) is 14.4. The van der Waals surface area contributed by atoms with Crippen LogP contribution in [0, 0.1) is 17.2 Å². The van der Waals surface area contributed by atoms with E-state index >= 15 is 0 Å². The summed E-state index contributed by atoms with van der Waals surface area (Å²) in [7, 11) is -3.59. The topological polar surface area (TPSA) is 132 Å². The van der Waals surface area contributed by atoms with Crippen molar-refractivity contribution in [2.24, 2.45) is 5.92 Å². The molecule has 0 aliphatic carbocycles. The van der Waals surface area contributed by atoms with Gasteiger partial charge < -0.3 is 10.6 Å². The molecule has 0 atom stereocenters. The van der Waals surface area contributed by atoms with Crippen molar-refractivity contribution in [3.63, 3.8) is 0 Å². The summed E-state index contributed by atoms with van der Waals surface area (Å²) < 4.78 is 26.7. The molecule has 0 unspecified atom stereocenters. The van der Waals surface area contributed by atoms with Crippen molar-refractivity contribution in [2.45, 2.75) is 17.7 Å². The van der Waals surface area contributed by atoms with Gasteiger partial charge in [-0.2, -0.15) is 9.57 Å². The van der Waals surface area contributed by atoms with Crippen molar-refractivity contribution < 1.29 is 18.0 Å². The third-order valence-electron chi connectivity index (χ3n) is 4.95. The molecule has 1 aromatic heterocycles. The van der Waals surface area contributed by atoms with Gasteiger partial charge in [-0.15, -0.1) is 0 Å². The zero-order valence-corrected chi connectivity index (χ0v) is 18.0. The normalized spacial score (nSPS) is 15.1. The molecule has 3 rings (SSSR count). The lowest BCUT2D eigenvalue weighted by Crippen LogP contribution is -2.43. The van der Waals surface area contributed by atoms with E-state index in [4.69, 9.17) is 16.9 Å². The van der Waals surface area contributed by atoms with Crippen LogP contribution in [-0.4, -0.2) is 49.2 Å². The van der Waals surface area contributed by atoms with Crippen molar-refractivity contribution >= 4 is 39.1 Å². The number of amides is 2. The highest BCUT2D eigenvalue weighted by molar-refractivity contribution is 7.89. The molecule has 9 nitrogen and oxygen atoms in total. The van der Waals surface area contributed by atoms with Gasteiger partial charge in [0, 0.05) is 37.1 Å². The molecule has 0 spiro atoms. The monoisotopic (exact) mass is 461 g/mol. The van der Waals surface area contributed by atoms with Crippen molar-refractivity contribution in [3.05, 3.63) is 53.3 Å². The molecular weight excluding hydrogens is 442 g/mol. The molecule has 0 bridgehead atoms. The van der Waals surface area contributed by atoms with Gasteiger partial charge in [-0.25, -0.2) is 8.42 Å². The number of nitriles is 1. The fourth-order valence-corrected chi connectivity index (χ4v) is 4.82. The molecule has 2 aromatic rings. The molecule has 0 radical (unpaired) electrons. The van der Waals surface area contributed by atoms with E-state index in [1.807, 2.05) is 6.07 Å². The number of halogens is 1. The second kappa shape index (κ2) is 9.87. The van der Waals surface area contributed by atoms with Gasteiger partial charge in [0.05, 0.1) is 11.3 Å². The Hall–Kier alpha value is -3.00. The van der Waals surface area contributed by atoms with Gasteiger partial charge >= 0.3 is 11.8 Å². The molecule has 0 saturated carbocycles. The number of rotatable bonds is 5. The first kappa shape index (κ1) is 22.7. The Kier molecular flexibility index (Phi) is 7.22. The van der Waals surface area contributed by atoms with E-state index < -0.39 is 21.8 Å². The van der Waals surface area contributed by atoms with E-state index in [0.717, 1.165) is 0 Å². The second-order valence-electron chi connectivity index (χ2n) is 7.00. The summed E-state index contributed by atoms with van der Waals surface area (Å²) in [4.78, 5) is 28.3. The molecule has 1 saturated heterocycles. The summed E-state index contributed by atoms with van der Waals surface area (Å²) >= 11 is 5.87. The summed E-state index contributed by atoms with van der Waals surface area (Å²) in [6, 6.07) is 9.34. The van der Waals surface area contributed by atoms with Crippen LogP contribution in [0.1, 0.15) is 18.4 Å². The van der Waals surface area contributed by atoms with E-state index in [0.29, 0.717) is 31.0 Å². The summed E-state index contributed by atoms with van der Waals surface area (Å²) in [6.45, 7) is 0.879. The minimum atomic E-state index is -3.59. The number of aromatic nitrogens is 1. The van der Waals surface area contributed by atoms with Gasteiger partial charge in [-0.05, 0) is 49.1 Å². The van der Waals surface area contributed by atoms with Gasteiger partial charge in [0.1, 0.15) is 11.0 Å². The molecule has 162 valence electrons. The van der Waals surface area contributed by atoms with Gasteiger partial charge in [0.2, 0.25) is 10.0 Å². The quantitative estimate of drug-likeness (QED) is 0.652. The number of piperidine rings is 1. The third kappa shape index (κ3) is 5.58. The Morgan fingerprint density at radius 1 is 1.23 bits per heavy atom. The molecule has 1 aromatic carbocycles. The predicted octanol–water partition coefficient (Wildman–Crippen LogP) is 1.76. The molecule has 1 aliphatic heterocycles. The van der Waals surface area contributed by atoms with Crippen LogP contribution >= 0.6 is 11.6 Å². The highest BCUT2D eigenvalue weighted by Gasteiger charge is 2.30. The lowest BCUT2D eigenvalue weighted by Gasteiger charge is -2.31. The first-order chi connectivity index (χ1) is 14.8. The van der Waals surface area contributed by atoms with Gasteiger partial charge in [-0.3, -0.25) is 14.6 Å². The van der Waals surface area contributed by atoms with Gasteiger partial charge in [0.25, 0.3) is 0 Å². The molecule has 11 heteroatoms. The van der Waals surface area contributed by atoms with Gasteiger partial charge in [-0.1, -0.05) is 11.6 Å². The first-order valence-electron chi connectivity index (χ1n) is 9.50. The molecule has 2 N–H and O–H groups in total. The van der Waals surface area contributed by atoms with E-state index in [-0.39, 0.29) is 28.6 Å². The lowest BCUT2D eigenvalue weighted by atomic mass is 9.98. The summed E-state index contributed by atoms with van der Waals surface area (Å²) in [5.41, 5.74) is 0.344. The van der Waals surface area contributed by atoms with Crippen molar-refractivity contribution in [1.82, 2.24) is 14.6 Å². The van der Waals surface area contributed by atoms with Crippen LogP contribution in [0.3, 0.4) is 0 Å². The van der Waals surface area contributed by atoms with Crippen LogP contribution in [0.5, 0.6) is 0 Å². The highest BCUT2D eigenvalue weighted by Crippen LogP contribution is 2.23. The summed E-state index contributed by atoms with van der Waals surface area (Å²) in [5.74, 6) is -1.71. The fourth-order valence-electron chi connectivity index (χ4n) is 3.22. The van der Waals surface area contributed by atoms with Crippen LogP contribution in [0.15, 0.2) is 47.6 Å². The largest absolute Gasteiger partial charge is 0.348 e. The number of hydrogen-bond acceptors (Lipinski definition) is 6. The zero-order valence-electron chi connectivity index (χ0n) is 16.4. The zero-order chi connectivity index (χ0) is 22.4. The number of hydrogen-bond donors (Lipinski definition) is 2. The van der Waals surface area contributed by atoms with Crippen LogP contribution in [0.4, 0.5) is 5.69 Å². The van der Waals surface area contributed by atoms with Crippen molar-refractivity contribution in [3.8, 4) is 6.07 Å². The average molecular weight is 462 g/mol. The fraction of sp³-hybridized carbons (Fsp3) is 0.300. The van der Waals surface area contributed by atoms with Crippen LogP contribution in [0.25, 0.3) is 0 Å². The SMILES string of the molecule is N#Cc1ccc(Cl)cc1NC(=O)C(=O)NCC1CCN(S(=O)(=O)c2cccnc2)CC1. The Balaban J connectivity index is 1.49. The average Bonchev–Trinajstić information content (AvgIpc) is 2.78. The number of pyridine rings is 1. The molecule has 31 heavy (non-hydrogen) atoms. The Labute approximate surface area is 185 Å². The minimum absolute atomic E-state index is 0.0398. The number of sulfonamides is 1. The summed E-state index contributed by atoms with van der Waals surface area (Å²) in [6.07, 6.45) is 3.93. The molecular formula is C20H20ClN5O4S. The molecule has 1 aliphatic rings. The standard InChI is InChI=1S/C20H20ClN5O4S/c21-16-4-3-15(11-22)18(10-16)25-20(28)19(27)24-12-14-5-8-26(9-6-14)31(29,30)17-2-1-7-23-13-17/h1-4,7,10,13-14H,5-6,8-9,12H2,(H,24,27)(H,25,28). The first-order valence-corrected chi connectivity index (χ1v) is 11.3. The third-order valence-corrected chi connectivity index (χ3v) is 7.07. The maximum Gasteiger partial charge on any atom is 0.313 e. The number of carbonyl (C=O) groups is 2. The second-order valence-corrected chi connectivity index (χ2v) is 9.38. The van der Waals surface area contributed by atoms with E-state index in [9.17, 15) is 18.0 Å². The maximum absolute atomic E-state index is 12.6. The molecule has 1 fully saturated rings. The van der Waals surface area contributed by atoms with Gasteiger partial charge in [0.15, 0.2) is 0 Å². The van der Waals surface area contributed by atoms with Crippen LogP contribution in [-0.2, 0) is 19.6 Å². The smallest absolute Gasteiger partial charge is 0.313 e. The Bertz CT molecular complexity index is 1110. The Morgan fingerprint density at radius 3 is 2.61 bits per heavy atom. The number of nitrogens with one attached hydrogen (secondary N) is 2. The number of nitrogens with zero attached hydrogens (tertiary/aromatic N) is 3. The van der Waals surface area contributed by atoms with Crippen LogP contribution < -0.4 is 10.6 Å². The van der Waals surface area contributed by atoms with Crippen LogP contribution in [0.2, 0.25) is 5.02 Å². The maximum atomic E-state index is 12.6. The number of anilines is 1. The van der Waals surface area contributed by atoms with E-state index in [1.165, 1.54) is 41.0 Å².